The van der Waals surface area contributed by atoms with Gasteiger partial charge in [0.15, 0.2) is 12.0 Å². The highest BCUT2D eigenvalue weighted by Gasteiger charge is 2.20. The van der Waals surface area contributed by atoms with Crippen molar-refractivity contribution in [3.8, 4) is 16.9 Å². The maximum Gasteiger partial charge on any atom is 0.274 e. The Bertz CT molecular complexity index is 935. The first-order chi connectivity index (χ1) is 13.5. The van der Waals surface area contributed by atoms with E-state index in [-0.39, 0.29) is 23.6 Å². The smallest absolute Gasteiger partial charge is 0.274 e. The number of rotatable bonds is 6. The molecule has 1 aromatic carbocycles. The van der Waals surface area contributed by atoms with Gasteiger partial charge in [-0.1, -0.05) is 12.1 Å². The predicted octanol–water partition coefficient (Wildman–Crippen LogP) is 1.19. The average molecular weight is 381 g/mol. The van der Waals surface area contributed by atoms with E-state index in [0.717, 1.165) is 25.9 Å². The van der Waals surface area contributed by atoms with E-state index in [9.17, 15) is 24.3 Å². The number of nitrogens with zero attached hydrogens (tertiary/aromatic N) is 2. The molecule has 8 heteroatoms. The van der Waals surface area contributed by atoms with Gasteiger partial charge in [-0.05, 0) is 36.6 Å². The molecule has 3 rings (SSSR count). The molecule has 144 valence electrons. The van der Waals surface area contributed by atoms with Gasteiger partial charge >= 0.3 is 0 Å². The minimum Gasteiger partial charge on any atom is -0.505 e. The normalized spacial score (nSPS) is 13.2. The number of likely N-dealkylation sites (tertiary alicyclic amines) is 1. The predicted molar refractivity (Wildman–Crippen MR) is 99.9 cm³/mol. The third-order valence-electron chi connectivity index (χ3n) is 4.47. The first-order valence-corrected chi connectivity index (χ1v) is 8.84. The van der Waals surface area contributed by atoms with Crippen LogP contribution >= 0.6 is 0 Å². The van der Waals surface area contributed by atoms with Gasteiger partial charge in [-0.25, -0.2) is 4.98 Å². The van der Waals surface area contributed by atoms with Crippen molar-refractivity contribution in [1.29, 1.82) is 0 Å². The summed E-state index contributed by atoms with van der Waals surface area (Å²) in [4.78, 5) is 51.5. The zero-order chi connectivity index (χ0) is 20.1. The molecule has 8 nitrogen and oxygen atoms in total. The summed E-state index contributed by atoms with van der Waals surface area (Å²) in [6, 6.07) is 8.35. The minimum absolute atomic E-state index is 0.0348. The molecule has 1 fully saturated rings. The Kier molecular flexibility index (Phi) is 5.78. The fourth-order valence-electron chi connectivity index (χ4n) is 3.01. The van der Waals surface area contributed by atoms with Crippen LogP contribution < -0.4 is 5.32 Å². The van der Waals surface area contributed by atoms with Crippen molar-refractivity contribution in [3.05, 3.63) is 47.8 Å². The highest BCUT2D eigenvalue weighted by molar-refractivity contribution is 6.26. The monoisotopic (exact) mass is 381 g/mol. The molecule has 0 atom stereocenters. The van der Waals surface area contributed by atoms with Gasteiger partial charge in [0.1, 0.15) is 5.75 Å². The molecule has 2 heterocycles. The van der Waals surface area contributed by atoms with Gasteiger partial charge in [-0.3, -0.25) is 19.2 Å². The SMILES string of the molecule is O=CC(=O)CNC(=O)c1ncc(-c2cccc(C(=O)N3CCCC3)c2)cc1O. The number of carbonyl (C=O) groups excluding carboxylic acids is 4. The number of ketones is 1. The zero-order valence-electron chi connectivity index (χ0n) is 15.1. The second-order valence-corrected chi connectivity index (χ2v) is 6.44. The summed E-state index contributed by atoms with van der Waals surface area (Å²) in [5.74, 6) is -1.96. The van der Waals surface area contributed by atoms with E-state index in [4.69, 9.17) is 0 Å². The molecule has 1 aromatic heterocycles. The van der Waals surface area contributed by atoms with E-state index in [0.29, 0.717) is 16.7 Å². The van der Waals surface area contributed by atoms with Crippen molar-refractivity contribution in [3.63, 3.8) is 0 Å². The lowest BCUT2D eigenvalue weighted by molar-refractivity contribution is -0.129. The fraction of sp³-hybridized carbons (Fsp3) is 0.250. The summed E-state index contributed by atoms with van der Waals surface area (Å²) in [6.07, 6.45) is 3.51. The van der Waals surface area contributed by atoms with Gasteiger partial charge < -0.3 is 15.3 Å². The van der Waals surface area contributed by atoms with Crippen molar-refractivity contribution in [2.45, 2.75) is 12.8 Å². The van der Waals surface area contributed by atoms with E-state index in [2.05, 4.69) is 10.3 Å². The topological polar surface area (TPSA) is 117 Å². The summed E-state index contributed by atoms with van der Waals surface area (Å²) in [6.45, 7) is 1.04. The lowest BCUT2D eigenvalue weighted by atomic mass is 10.0. The summed E-state index contributed by atoms with van der Waals surface area (Å²) in [5, 5.41) is 12.4. The van der Waals surface area contributed by atoms with E-state index in [1.807, 2.05) is 4.90 Å². The number of pyridine rings is 1. The van der Waals surface area contributed by atoms with Crippen molar-refractivity contribution in [2.24, 2.45) is 0 Å². The molecule has 1 saturated heterocycles. The molecule has 2 aromatic rings. The van der Waals surface area contributed by atoms with E-state index in [1.165, 1.54) is 12.3 Å². The van der Waals surface area contributed by atoms with Crippen LogP contribution in [0.15, 0.2) is 36.5 Å². The number of carbonyl (C=O) groups is 4. The Balaban J connectivity index is 1.79. The van der Waals surface area contributed by atoms with Crippen LogP contribution in [0.25, 0.3) is 11.1 Å². The fourth-order valence-corrected chi connectivity index (χ4v) is 3.01. The van der Waals surface area contributed by atoms with Crippen LogP contribution in [0.2, 0.25) is 0 Å². The third-order valence-corrected chi connectivity index (χ3v) is 4.47. The number of aromatic nitrogens is 1. The van der Waals surface area contributed by atoms with E-state index >= 15 is 0 Å². The van der Waals surface area contributed by atoms with Gasteiger partial charge in [0.25, 0.3) is 11.8 Å². The maximum absolute atomic E-state index is 12.5. The first-order valence-electron chi connectivity index (χ1n) is 8.84. The van der Waals surface area contributed by atoms with Gasteiger partial charge in [0.05, 0.1) is 6.54 Å². The number of benzene rings is 1. The molecule has 2 amide bonds. The lowest BCUT2D eigenvalue weighted by Crippen LogP contribution is -2.30. The highest BCUT2D eigenvalue weighted by Crippen LogP contribution is 2.26. The van der Waals surface area contributed by atoms with E-state index < -0.39 is 18.2 Å². The number of nitrogens with one attached hydrogen (secondary N) is 1. The second-order valence-electron chi connectivity index (χ2n) is 6.44. The molecule has 1 aliphatic rings. The van der Waals surface area contributed by atoms with Crippen LogP contribution in [0.4, 0.5) is 0 Å². The maximum atomic E-state index is 12.5. The summed E-state index contributed by atoms with van der Waals surface area (Å²) >= 11 is 0. The van der Waals surface area contributed by atoms with Crippen LogP contribution in [0.1, 0.15) is 33.7 Å². The van der Waals surface area contributed by atoms with Crippen molar-refractivity contribution in [1.82, 2.24) is 15.2 Å². The largest absolute Gasteiger partial charge is 0.505 e. The highest BCUT2D eigenvalue weighted by atomic mass is 16.3. The van der Waals surface area contributed by atoms with Gasteiger partial charge in [0.2, 0.25) is 5.78 Å². The Hall–Kier alpha value is -3.55. The molecule has 2 N–H and O–H groups in total. The zero-order valence-corrected chi connectivity index (χ0v) is 15.1. The lowest BCUT2D eigenvalue weighted by Gasteiger charge is -2.15. The number of hydrogen-bond donors (Lipinski definition) is 2. The molecule has 1 aliphatic heterocycles. The number of aromatic hydroxyl groups is 1. The molecule has 28 heavy (non-hydrogen) atoms. The van der Waals surface area contributed by atoms with Crippen LogP contribution in [-0.4, -0.2) is 58.5 Å². The van der Waals surface area contributed by atoms with Crippen LogP contribution in [-0.2, 0) is 9.59 Å². The van der Waals surface area contributed by atoms with E-state index in [1.54, 1.807) is 24.3 Å². The van der Waals surface area contributed by atoms with Gasteiger partial charge in [0, 0.05) is 30.4 Å². The second kappa shape index (κ2) is 8.43. The number of aldehydes is 1. The summed E-state index contributed by atoms with van der Waals surface area (Å²) < 4.78 is 0. The minimum atomic E-state index is -0.788. The standard InChI is InChI=1S/C20H19N3O5/c24-12-16(25)11-22-19(27)18-17(26)9-15(10-21-18)13-4-3-5-14(8-13)20(28)23-6-1-2-7-23/h3-5,8-10,12,26H,1-2,6-7,11H2,(H,22,27). The molecule has 0 bridgehead atoms. The first kappa shape index (κ1) is 19.2. The molecule has 0 saturated carbocycles. The number of Topliss-reactive ketones (excluding diaryl/α,β-unsaturated/α-hetero) is 1. The van der Waals surface area contributed by atoms with Crippen molar-refractivity contribution in [2.75, 3.05) is 19.6 Å². The quantitative estimate of drug-likeness (QED) is 0.573. The summed E-state index contributed by atoms with van der Waals surface area (Å²) in [7, 11) is 0. The van der Waals surface area contributed by atoms with Crippen molar-refractivity contribution >= 4 is 23.9 Å². The number of hydrogen-bond acceptors (Lipinski definition) is 6. The van der Waals surface area contributed by atoms with Crippen LogP contribution in [0.3, 0.4) is 0 Å². The Morgan fingerprint density at radius 3 is 2.57 bits per heavy atom. The van der Waals surface area contributed by atoms with Crippen LogP contribution in [0, 0.1) is 0 Å². The molecule has 0 unspecified atom stereocenters. The average Bonchev–Trinajstić information content (AvgIpc) is 3.26. The Morgan fingerprint density at radius 2 is 1.89 bits per heavy atom. The molecule has 0 aliphatic carbocycles. The molecule has 0 spiro atoms. The van der Waals surface area contributed by atoms with Crippen molar-refractivity contribution < 1.29 is 24.3 Å². The summed E-state index contributed by atoms with van der Waals surface area (Å²) in [5.41, 5.74) is 1.50. The van der Waals surface area contributed by atoms with Gasteiger partial charge in [-0.15, -0.1) is 0 Å². The Labute approximate surface area is 161 Å². The Morgan fingerprint density at radius 1 is 1.14 bits per heavy atom. The molecule has 0 radical (unpaired) electrons. The van der Waals surface area contributed by atoms with Gasteiger partial charge in [-0.2, -0.15) is 0 Å². The third kappa shape index (κ3) is 4.22. The van der Waals surface area contributed by atoms with Crippen LogP contribution in [0.5, 0.6) is 5.75 Å². The molecular formula is C20H19N3O5. The molecular weight excluding hydrogens is 362 g/mol. The number of amides is 2.